The van der Waals surface area contributed by atoms with E-state index < -0.39 is 0 Å². The largest absolute Gasteiger partial charge is 0.455 e. The van der Waals surface area contributed by atoms with Crippen LogP contribution in [-0.2, 0) is 0 Å². The van der Waals surface area contributed by atoms with Gasteiger partial charge in [-0.3, -0.25) is 0 Å². The summed E-state index contributed by atoms with van der Waals surface area (Å²) in [5.41, 5.74) is 12.0. The molecule has 16 aromatic rings. The van der Waals surface area contributed by atoms with Gasteiger partial charge in [-0.2, -0.15) is 0 Å². The Morgan fingerprint density at radius 1 is 0.250 bits per heavy atom. The molecule has 0 amide bonds. The number of benzene rings is 14. The number of hydrogen-bond donors (Lipinski definition) is 0. The zero-order chi connectivity index (χ0) is 50.2. The number of furan rings is 2. The van der Waals surface area contributed by atoms with Crippen LogP contribution in [0.5, 0.6) is 0 Å². The summed E-state index contributed by atoms with van der Waals surface area (Å²) in [7, 11) is 0. The van der Waals surface area contributed by atoms with Crippen molar-refractivity contribution in [3.05, 3.63) is 254 Å². The summed E-state index contributed by atoms with van der Waals surface area (Å²) in [4.78, 5) is 0. The molecule has 0 aliphatic heterocycles. The van der Waals surface area contributed by atoms with Crippen LogP contribution in [0.15, 0.2) is 251 Å². The number of halogens is 2. The summed E-state index contributed by atoms with van der Waals surface area (Å²) in [6.45, 7) is 0. The van der Waals surface area contributed by atoms with Crippen LogP contribution in [-0.4, -0.2) is 0 Å². The van der Waals surface area contributed by atoms with Crippen LogP contribution in [0, 0.1) is 11.6 Å². The molecule has 16 rings (SSSR count). The van der Waals surface area contributed by atoms with Crippen LogP contribution < -0.4 is 0 Å². The molecule has 2 nitrogen and oxygen atoms in total. The molecule has 14 aromatic carbocycles. The first-order valence-electron chi connectivity index (χ1n) is 25.7. The second-order valence-electron chi connectivity index (χ2n) is 20.0. The van der Waals surface area contributed by atoms with Gasteiger partial charge in [0.25, 0.3) is 0 Å². The Labute approximate surface area is 433 Å². The van der Waals surface area contributed by atoms with E-state index in [2.05, 4.69) is 164 Å². The maximum Gasteiger partial charge on any atom is 0.143 e. The predicted molar refractivity (Wildman–Crippen MR) is 313 cm³/mol. The molecule has 0 aliphatic carbocycles. The molecule has 0 spiro atoms. The minimum Gasteiger partial charge on any atom is -0.455 e. The maximum atomic E-state index is 17.8. The Morgan fingerprint density at radius 3 is 1.25 bits per heavy atom. The van der Waals surface area contributed by atoms with E-state index in [4.69, 9.17) is 8.83 Å². The normalized spacial score (nSPS) is 12.1. The molecule has 0 atom stereocenters. The second kappa shape index (κ2) is 16.3. The molecule has 0 N–H and O–H groups in total. The highest BCUT2D eigenvalue weighted by atomic mass is 19.1. The zero-order valence-corrected chi connectivity index (χ0v) is 40.7. The molecule has 354 valence electrons. The standard InChI is InChI=1S/C72H40F2O2/c73-45-18-13-17-44(39-45)64-49-21-5-7-23-51(49)67(52-24-8-6-22-50(52)64)59-38-37-48(72-69(59)61-36-32-42-16-2-4-20-47(42)71(61)76-72)43-33-34-57(62(74)40-43)65-53-25-9-11-27-55(53)66(56-28-12-10-26-54(56)65)58-29-14-30-63-68(58)60-35-31-41-15-1-3-19-46(41)70(60)75-63/h1-40H. The van der Waals surface area contributed by atoms with Crippen LogP contribution in [0.1, 0.15) is 0 Å². The fourth-order valence-corrected chi connectivity index (χ4v) is 12.8. The summed E-state index contributed by atoms with van der Waals surface area (Å²) in [6.07, 6.45) is 0. The topological polar surface area (TPSA) is 26.3 Å². The van der Waals surface area contributed by atoms with Crippen molar-refractivity contribution in [3.63, 3.8) is 0 Å². The Kier molecular flexibility index (Phi) is 9.13. The lowest BCUT2D eigenvalue weighted by atomic mass is 9.83. The van der Waals surface area contributed by atoms with Crippen molar-refractivity contribution in [2.24, 2.45) is 0 Å². The minimum atomic E-state index is -0.334. The Morgan fingerprint density at radius 2 is 0.697 bits per heavy atom. The summed E-state index contributed by atoms with van der Waals surface area (Å²) < 4.78 is 46.6. The van der Waals surface area contributed by atoms with E-state index in [-0.39, 0.29) is 11.6 Å². The van der Waals surface area contributed by atoms with Crippen LogP contribution in [0.3, 0.4) is 0 Å². The summed E-state index contributed by atoms with van der Waals surface area (Å²) in [5, 5.41) is 16.4. The van der Waals surface area contributed by atoms with Crippen molar-refractivity contribution in [2.75, 3.05) is 0 Å². The Balaban J connectivity index is 0.919. The molecule has 0 bridgehead atoms. The second-order valence-corrected chi connectivity index (χ2v) is 20.0. The quantitative estimate of drug-likeness (QED) is 0.161. The molecule has 0 fully saturated rings. The highest BCUT2D eigenvalue weighted by molar-refractivity contribution is 6.30. The van der Waals surface area contributed by atoms with Crippen LogP contribution >= 0.6 is 0 Å². The third-order valence-electron chi connectivity index (χ3n) is 16.0. The van der Waals surface area contributed by atoms with E-state index in [9.17, 15) is 4.39 Å². The van der Waals surface area contributed by atoms with Gasteiger partial charge in [0.05, 0.1) is 0 Å². The van der Waals surface area contributed by atoms with Crippen molar-refractivity contribution in [1.29, 1.82) is 0 Å². The van der Waals surface area contributed by atoms with E-state index in [1.807, 2.05) is 54.6 Å². The molecule has 76 heavy (non-hydrogen) atoms. The van der Waals surface area contributed by atoms with Gasteiger partial charge in [0, 0.05) is 49.0 Å². The monoisotopic (exact) mass is 974 g/mol. The lowest BCUT2D eigenvalue weighted by molar-refractivity contribution is 0.628. The van der Waals surface area contributed by atoms with Gasteiger partial charge in [0.2, 0.25) is 0 Å². The van der Waals surface area contributed by atoms with Crippen LogP contribution in [0.25, 0.3) is 164 Å². The first-order valence-corrected chi connectivity index (χ1v) is 25.7. The molecule has 2 heterocycles. The molecule has 0 saturated carbocycles. The number of fused-ring (bicyclic) bond motifs is 14. The van der Waals surface area contributed by atoms with E-state index in [0.29, 0.717) is 16.7 Å². The molecule has 0 saturated heterocycles. The van der Waals surface area contributed by atoms with Crippen molar-refractivity contribution in [2.45, 2.75) is 0 Å². The molecular formula is C72H40F2O2. The van der Waals surface area contributed by atoms with Gasteiger partial charge in [-0.25, -0.2) is 8.78 Å². The van der Waals surface area contributed by atoms with Crippen molar-refractivity contribution in [1.82, 2.24) is 0 Å². The first kappa shape index (κ1) is 42.6. The average Bonchev–Trinajstić information content (AvgIpc) is 4.19. The van der Waals surface area contributed by atoms with Gasteiger partial charge in [-0.15, -0.1) is 0 Å². The zero-order valence-electron chi connectivity index (χ0n) is 40.7. The molecular weight excluding hydrogens is 935 g/mol. The van der Waals surface area contributed by atoms with Crippen LogP contribution in [0.4, 0.5) is 8.78 Å². The number of rotatable bonds is 5. The van der Waals surface area contributed by atoms with E-state index in [1.165, 1.54) is 6.07 Å². The van der Waals surface area contributed by atoms with Gasteiger partial charge in [-0.05, 0) is 135 Å². The van der Waals surface area contributed by atoms with E-state index >= 15 is 4.39 Å². The van der Waals surface area contributed by atoms with Gasteiger partial charge in [0.15, 0.2) is 0 Å². The fourth-order valence-electron chi connectivity index (χ4n) is 12.8. The first-order chi connectivity index (χ1) is 37.6. The smallest absolute Gasteiger partial charge is 0.143 e. The molecule has 4 heteroatoms. The fraction of sp³-hybridized carbons (Fsp3) is 0. The highest BCUT2D eigenvalue weighted by Crippen LogP contribution is 2.52. The van der Waals surface area contributed by atoms with E-state index in [1.54, 1.807) is 18.2 Å². The summed E-state index contributed by atoms with van der Waals surface area (Å²) >= 11 is 0. The maximum absolute atomic E-state index is 17.8. The molecule has 0 unspecified atom stereocenters. The van der Waals surface area contributed by atoms with Crippen molar-refractivity contribution >= 4 is 109 Å². The average molecular weight is 975 g/mol. The van der Waals surface area contributed by atoms with Gasteiger partial charge in [-0.1, -0.05) is 200 Å². The molecule has 2 aromatic heterocycles. The number of hydrogen-bond acceptors (Lipinski definition) is 2. The lowest BCUT2D eigenvalue weighted by Crippen LogP contribution is -1.94. The van der Waals surface area contributed by atoms with Crippen LogP contribution in [0.2, 0.25) is 0 Å². The minimum absolute atomic E-state index is 0.282. The van der Waals surface area contributed by atoms with Crippen molar-refractivity contribution < 1.29 is 17.6 Å². The van der Waals surface area contributed by atoms with Gasteiger partial charge in [0.1, 0.15) is 34.0 Å². The van der Waals surface area contributed by atoms with Gasteiger partial charge >= 0.3 is 0 Å². The third-order valence-corrected chi connectivity index (χ3v) is 16.0. The van der Waals surface area contributed by atoms with Crippen molar-refractivity contribution in [3.8, 4) is 55.6 Å². The lowest BCUT2D eigenvalue weighted by Gasteiger charge is -2.19. The SMILES string of the molecule is Fc1cccc(-c2c3ccccc3c(-c3ccc(-c4ccc(-c5c6ccccc6c(-c6cccc7oc8c9ccccc9ccc8c67)c6ccccc56)c(F)c4)c4oc5c6ccccc6ccc5c34)c3ccccc23)c1. The summed E-state index contributed by atoms with van der Waals surface area (Å²) in [6, 6.07) is 82.0. The molecule has 0 aliphatic rings. The molecule has 0 radical (unpaired) electrons. The van der Waals surface area contributed by atoms with Gasteiger partial charge < -0.3 is 8.83 Å². The Bertz CT molecular complexity index is 5040. The predicted octanol–water partition coefficient (Wildman–Crippen LogP) is 21.0. The Hall–Kier alpha value is -9.90. The third kappa shape index (κ3) is 6.13. The van der Waals surface area contributed by atoms with E-state index in [0.717, 1.165) is 147 Å². The highest BCUT2D eigenvalue weighted by Gasteiger charge is 2.26. The summed E-state index contributed by atoms with van der Waals surface area (Å²) in [5.74, 6) is -0.616.